The molecule has 1 aliphatic heterocycles. The Morgan fingerprint density at radius 1 is 1.30 bits per heavy atom. The fraction of sp³-hybridized carbons (Fsp3) is 0.875. The standard InChI is InChI=1S/C7H15N.CO/c1-7-3-5-8(2)6-4-7;1-2/h7H,3-6H2,1-2H3;. The first-order valence-electron chi connectivity index (χ1n) is 3.68. The van der Waals surface area contributed by atoms with Crippen LogP contribution >= 0.6 is 0 Å². The van der Waals surface area contributed by atoms with E-state index >= 15 is 0 Å². The second-order valence-electron chi connectivity index (χ2n) is 2.99. The van der Waals surface area contributed by atoms with E-state index in [0.717, 1.165) is 5.92 Å². The molecule has 1 aliphatic rings. The van der Waals surface area contributed by atoms with E-state index in [9.17, 15) is 0 Å². The van der Waals surface area contributed by atoms with Gasteiger partial charge in [-0.05, 0) is 38.9 Å². The normalized spacial score (nSPS) is 21.2. The molecule has 0 unspecified atom stereocenters. The monoisotopic (exact) mass is 141 g/mol. The van der Waals surface area contributed by atoms with Crippen LogP contribution in [0, 0.1) is 12.6 Å². The van der Waals surface area contributed by atoms with E-state index in [1.54, 1.807) is 0 Å². The molecular weight excluding hydrogens is 126 g/mol. The minimum atomic E-state index is 0.978. The predicted molar refractivity (Wildman–Crippen MR) is 39.8 cm³/mol. The zero-order chi connectivity index (χ0) is 7.98. The second-order valence-corrected chi connectivity index (χ2v) is 2.99. The molecule has 0 radical (unpaired) electrons. The average molecular weight is 141 g/mol. The summed E-state index contributed by atoms with van der Waals surface area (Å²) in [6.45, 7) is 9.45. The molecule has 0 aromatic rings. The third-order valence-electron chi connectivity index (χ3n) is 2.01. The number of piperidine rings is 1. The van der Waals surface area contributed by atoms with Crippen molar-refractivity contribution in [1.29, 1.82) is 0 Å². The van der Waals surface area contributed by atoms with Crippen LogP contribution in [-0.2, 0) is 4.65 Å². The van der Waals surface area contributed by atoms with Gasteiger partial charge in [0, 0.05) is 0 Å². The first-order chi connectivity index (χ1) is 4.79. The zero-order valence-corrected chi connectivity index (χ0v) is 6.76. The predicted octanol–water partition coefficient (Wildman–Crippen LogP) is 1.31. The Kier molecular flexibility index (Phi) is 5.32. The van der Waals surface area contributed by atoms with Crippen LogP contribution in [0.4, 0.5) is 0 Å². The van der Waals surface area contributed by atoms with Crippen LogP contribution in [-0.4, -0.2) is 25.0 Å². The maximum atomic E-state index is 7.50. The Labute approximate surface area is 62.9 Å². The molecular formula is C8H15NO. The van der Waals surface area contributed by atoms with Crippen molar-refractivity contribution in [3.8, 4) is 0 Å². The quantitative estimate of drug-likeness (QED) is 0.368. The van der Waals surface area contributed by atoms with Gasteiger partial charge in [0.2, 0.25) is 0 Å². The van der Waals surface area contributed by atoms with Gasteiger partial charge in [0.15, 0.2) is 0 Å². The summed E-state index contributed by atoms with van der Waals surface area (Å²) in [5.41, 5.74) is 0. The van der Waals surface area contributed by atoms with E-state index in [1.165, 1.54) is 25.9 Å². The molecule has 2 nitrogen and oxygen atoms in total. The first-order valence-corrected chi connectivity index (χ1v) is 3.68. The van der Waals surface area contributed by atoms with Gasteiger partial charge in [0.05, 0.1) is 0 Å². The van der Waals surface area contributed by atoms with Crippen molar-refractivity contribution < 1.29 is 4.65 Å². The molecule has 1 fully saturated rings. The average Bonchev–Trinajstić information content (AvgIpc) is 2.00. The Morgan fingerprint density at radius 3 is 2.00 bits per heavy atom. The van der Waals surface area contributed by atoms with Gasteiger partial charge in [-0.2, -0.15) is 0 Å². The van der Waals surface area contributed by atoms with Crippen molar-refractivity contribution in [1.82, 2.24) is 4.90 Å². The Bertz CT molecular complexity index is 82.7. The van der Waals surface area contributed by atoms with Crippen LogP contribution in [0.15, 0.2) is 0 Å². The van der Waals surface area contributed by atoms with Gasteiger partial charge in [0.1, 0.15) is 0 Å². The summed E-state index contributed by atoms with van der Waals surface area (Å²) >= 11 is 0. The molecule has 1 saturated heterocycles. The molecule has 0 amide bonds. The molecule has 2 heteroatoms. The minimum absolute atomic E-state index is 0.978. The molecule has 1 rings (SSSR count). The van der Waals surface area contributed by atoms with E-state index in [1.807, 2.05) is 0 Å². The fourth-order valence-electron chi connectivity index (χ4n) is 1.14. The van der Waals surface area contributed by atoms with Crippen LogP contribution < -0.4 is 0 Å². The van der Waals surface area contributed by atoms with Crippen molar-refractivity contribution in [2.75, 3.05) is 20.1 Å². The van der Waals surface area contributed by atoms with Gasteiger partial charge in [-0.3, -0.25) is 0 Å². The maximum absolute atomic E-state index is 7.50. The van der Waals surface area contributed by atoms with E-state index in [0.29, 0.717) is 0 Å². The van der Waals surface area contributed by atoms with Crippen molar-refractivity contribution in [3.63, 3.8) is 0 Å². The second kappa shape index (κ2) is 5.48. The summed E-state index contributed by atoms with van der Waals surface area (Å²) in [5.74, 6) is 0.978. The van der Waals surface area contributed by atoms with Gasteiger partial charge in [-0.1, -0.05) is 6.92 Å². The van der Waals surface area contributed by atoms with E-state index in [2.05, 4.69) is 25.5 Å². The van der Waals surface area contributed by atoms with Crippen LogP contribution in [0.1, 0.15) is 19.8 Å². The summed E-state index contributed by atoms with van der Waals surface area (Å²) in [6.07, 6.45) is 2.80. The van der Waals surface area contributed by atoms with Crippen molar-refractivity contribution in [3.05, 3.63) is 6.65 Å². The molecule has 0 aliphatic carbocycles. The van der Waals surface area contributed by atoms with E-state index < -0.39 is 0 Å². The molecule has 1 heterocycles. The first kappa shape index (κ1) is 9.70. The van der Waals surface area contributed by atoms with Crippen LogP contribution in [0.25, 0.3) is 0 Å². The molecule has 0 spiro atoms. The molecule has 58 valence electrons. The number of likely N-dealkylation sites (tertiary alicyclic amines) is 1. The van der Waals surface area contributed by atoms with Crippen LogP contribution in [0.3, 0.4) is 0 Å². The molecule has 0 aromatic heterocycles. The summed E-state index contributed by atoms with van der Waals surface area (Å²) < 4.78 is 7.50. The third-order valence-corrected chi connectivity index (χ3v) is 2.01. The van der Waals surface area contributed by atoms with Gasteiger partial charge in [-0.25, -0.2) is 0 Å². The van der Waals surface area contributed by atoms with Crippen molar-refractivity contribution in [2.24, 2.45) is 5.92 Å². The Hall–Kier alpha value is -0.300. The SMILES string of the molecule is CC1CCN(C)CC1.[C-]#[O+]. The van der Waals surface area contributed by atoms with Gasteiger partial charge < -0.3 is 4.90 Å². The fourth-order valence-corrected chi connectivity index (χ4v) is 1.14. The van der Waals surface area contributed by atoms with Crippen LogP contribution in [0.5, 0.6) is 0 Å². The number of nitrogens with zero attached hydrogens (tertiary/aromatic N) is 1. The molecule has 0 N–H and O–H groups in total. The Morgan fingerprint density at radius 2 is 1.70 bits per heavy atom. The van der Waals surface area contributed by atoms with E-state index in [4.69, 9.17) is 4.65 Å². The van der Waals surface area contributed by atoms with Gasteiger partial charge in [0.25, 0.3) is 0 Å². The topological polar surface area (TPSA) is 23.1 Å². The number of hydrogen-bond acceptors (Lipinski definition) is 1. The molecule has 0 atom stereocenters. The summed E-state index contributed by atoms with van der Waals surface area (Å²) in [5, 5.41) is 0. The van der Waals surface area contributed by atoms with Crippen molar-refractivity contribution in [2.45, 2.75) is 19.8 Å². The third kappa shape index (κ3) is 3.67. The summed E-state index contributed by atoms with van der Waals surface area (Å²) in [6, 6.07) is 0. The Balaban J connectivity index is 0.000000371. The molecule has 0 aromatic carbocycles. The van der Waals surface area contributed by atoms with Gasteiger partial charge in [-0.15, -0.1) is 0 Å². The van der Waals surface area contributed by atoms with E-state index in [-0.39, 0.29) is 0 Å². The summed E-state index contributed by atoms with van der Waals surface area (Å²) in [4.78, 5) is 2.40. The molecule has 0 saturated carbocycles. The van der Waals surface area contributed by atoms with Crippen LogP contribution in [0.2, 0.25) is 0 Å². The van der Waals surface area contributed by atoms with Gasteiger partial charge >= 0.3 is 11.3 Å². The molecule has 10 heavy (non-hydrogen) atoms. The molecule has 0 bridgehead atoms. The number of hydrogen-bond donors (Lipinski definition) is 0. The summed E-state index contributed by atoms with van der Waals surface area (Å²) in [7, 11) is 2.20. The number of rotatable bonds is 0. The van der Waals surface area contributed by atoms with Crippen molar-refractivity contribution >= 4 is 0 Å². The zero-order valence-electron chi connectivity index (χ0n) is 6.76.